The van der Waals surface area contributed by atoms with Crippen molar-refractivity contribution in [2.45, 2.75) is 4.99 Å². The Hall–Kier alpha value is -0.720. The van der Waals surface area contributed by atoms with Crippen LogP contribution in [0.2, 0.25) is 0 Å². The summed E-state index contributed by atoms with van der Waals surface area (Å²) in [7, 11) is -9.80. The van der Waals surface area contributed by atoms with Crippen LogP contribution < -0.4 is 0 Å². The summed E-state index contributed by atoms with van der Waals surface area (Å²) >= 11 is 0. The van der Waals surface area contributed by atoms with Crippen molar-refractivity contribution in [3.63, 3.8) is 0 Å². The van der Waals surface area contributed by atoms with Crippen molar-refractivity contribution < 1.29 is 27.3 Å². The average molecular weight is 252 g/mol. The van der Waals surface area contributed by atoms with E-state index in [1.54, 1.807) is 6.07 Å². The average Bonchev–Trinajstić information content (AvgIpc) is 2.00. The highest BCUT2D eigenvalue weighted by Crippen LogP contribution is 2.54. The quantitative estimate of drug-likeness (QED) is 0.540. The Morgan fingerprint density at radius 3 is 1.93 bits per heavy atom. The number of hydrogen-bond acceptors (Lipinski definition) is 3. The van der Waals surface area contributed by atoms with Gasteiger partial charge < -0.3 is 9.79 Å². The Morgan fingerprint density at radius 1 is 1.13 bits per heavy atom. The van der Waals surface area contributed by atoms with Crippen LogP contribution in [-0.4, -0.2) is 22.8 Å². The largest absolute Gasteiger partial charge is 0.350 e. The molecular formula is C7H9O6PS. The molecule has 1 unspecified atom stereocenters. The van der Waals surface area contributed by atoms with Gasteiger partial charge >= 0.3 is 7.60 Å². The fourth-order valence-electron chi connectivity index (χ4n) is 1.16. The second kappa shape index (κ2) is 4.03. The van der Waals surface area contributed by atoms with E-state index in [0.29, 0.717) is 0 Å². The third-order valence-electron chi connectivity index (χ3n) is 1.67. The lowest BCUT2D eigenvalue weighted by molar-refractivity contribution is 0.364. The predicted octanol–water partition coefficient (Wildman–Crippen LogP) is 0.751. The van der Waals surface area contributed by atoms with Gasteiger partial charge in [0.05, 0.1) is 0 Å². The summed E-state index contributed by atoms with van der Waals surface area (Å²) in [6.07, 6.45) is 0. The summed E-state index contributed by atoms with van der Waals surface area (Å²) in [6.45, 7) is 0. The molecule has 0 aliphatic rings. The molecule has 1 atom stereocenters. The zero-order valence-corrected chi connectivity index (χ0v) is 9.10. The van der Waals surface area contributed by atoms with Gasteiger partial charge in [0.25, 0.3) is 10.1 Å². The van der Waals surface area contributed by atoms with Crippen molar-refractivity contribution in [3.8, 4) is 0 Å². The highest BCUT2D eigenvalue weighted by atomic mass is 32.2. The lowest BCUT2D eigenvalue weighted by atomic mass is 10.2. The molecule has 0 radical (unpaired) electrons. The molecule has 1 aromatic carbocycles. The zero-order chi connectivity index (χ0) is 11.7. The number of hydrogen-bond donors (Lipinski definition) is 3. The van der Waals surface area contributed by atoms with Gasteiger partial charge in [-0.05, 0) is 5.56 Å². The molecule has 6 nitrogen and oxygen atoms in total. The van der Waals surface area contributed by atoms with E-state index in [1.807, 2.05) is 0 Å². The lowest BCUT2D eigenvalue weighted by Crippen LogP contribution is -2.12. The van der Waals surface area contributed by atoms with Crippen LogP contribution in [0.3, 0.4) is 0 Å². The Morgan fingerprint density at radius 2 is 1.60 bits per heavy atom. The van der Waals surface area contributed by atoms with Crippen molar-refractivity contribution in [3.05, 3.63) is 35.9 Å². The molecule has 8 heteroatoms. The van der Waals surface area contributed by atoms with Gasteiger partial charge in [0.2, 0.25) is 4.99 Å². The van der Waals surface area contributed by atoms with Crippen LogP contribution in [0.15, 0.2) is 30.3 Å². The van der Waals surface area contributed by atoms with Crippen LogP contribution in [0.5, 0.6) is 0 Å². The molecule has 0 bridgehead atoms. The van der Waals surface area contributed by atoms with Gasteiger partial charge in [-0.1, -0.05) is 30.3 Å². The normalized spacial score (nSPS) is 14.9. The van der Waals surface area contributed by atoms with E-state index >= 15 is 0 Å². The molecule has 0 saturated carbocycles. The Balaban J connectivity index is 3.34. The predicted molar refractivity (Wildman–Crippen MR) is 52.8 cm³/mol. The summed E-state index contributed by atoms with van der Waals surface area (Å²) in [4.78, 5) is 15.5. The van der Waals surface area contributed by atoms with Gasteiger partial charge in [-0.25, -0.2) is 0 Å². The van der Waals surface area contributed by atoms with E-state index in [0.717, 1.165) is 0 Å². The standard InChI is InChI=1S/C7H9O6PS/c8-14(9,10)7(15(11,12)13)6-4-2-1-3-5-6/h1-5,7H,(H2,8,9,10)(H,11,12,13). The minimum Gasteiger partial charge on any atom is -0.323 e. The Labute approximate surface area is 86.5 Å². The molecule has 0 amide bonds. The van der Waals surface area contributed by atoms with Crippen molar-refractivity contribution in [2.75, 3.05) is 0 Å². The van der Waals surface area contributed by atoms with Crippen molar-refractivity contribution in [1.29, 1.82) is 0 Å². The van der Waals surface area contributed by atoms with Crippen LogP contribution in [0.1, 0.15) is 10.6 Å². The van der Waals surface area contributed by atoms with E-state index in [1.165, 1.54) is 24.3 Å². The topological polar surface area (TPSA) is 112 Å². The van der Waals surface area contributed by atoms with Gasteiger partial charge in [0.15, 0.2) is 0 Å². The molecule has 0 aromatic heterocycles. The fourth-order valence-corrected chi connectivity index (χ4v) is 3.61. The summed E-state index contributed by atoms with van der Waals surface area (Å²) in [5.74, 6) is 0. The highest BCUT2D eigenvalue weighted by Gasteiger charge is 2.40. The van der Waals surface area contributed by atoms with Gasteiger partial charge in [-0.15, -0.1) is 0 Å². The van der Waals surface area contributed by atoms with Gasteiger partial charge in [-0.2, -0.15) is 8.42 Å². The summed E-state index contributed by atoms with van der Waals surface area (Å²) < 4.78 is 41.4. The summed E-state index contributed by atoms with van der Waals surface area (Å²) in [6, 6.07) is 6.84. The van der Waals surface area contributed by atoms with Crippen molar-refractivity contribution in [2.24, 2.45) is 0 Å². The van der Waals surface area contributed by atoms with E-state index in [-0.39, 0.29) is 5.56 Å². The summed E-state index contributed by atoms with van der Waals surface area (Å²) in [5.41, 5.74) is -0.145. The monoisotopic (exact) mass is 252 g/mol. The SMILES string of the molecule is O=P(O)(O)C(c1ccccc1)S(=O)(=O)O. The van der Waals surface area contributed by atoms with Gasteiger partial charge in [0, 0.05) is 0 Å². The summed E-state index contributed by atoms with van der Waals surface area (Å²) in [5, 5.41) is 0. The molecule has 1 rings (SSSR count). The number of rotatable bonds is 3. The van der Waals surface area contributed by atoms with Crippen LogP contribution in [-0.2, 0) is 14.7 Å². The lowest BCUT2D eigenvalue weighted by Gasteiger charge is -2.15. The molecular weight excluding hydrogens is 243 g/mol. The highest BCUT2D eigenvalue weighted by molar-refractivity contribution is 7.93. The fraction of sp³-hybridized carbons (Fsp3) is 0.143. The zero-order valence-electron chi connectivity index (χ0n) is 7.39. The molecule has 0 aliphatic carbocycles. The van der Waals surface area contributed by atoms with Crippen LogP contribution in [0, 0.1) is 0 Å². The van der Waals surface area contributed by atoms with Crippen LogP contribution >= 0.6 is 7.60 Å². The third-order valence-corrected chi connectivity index (χ3v) is 5.04. The van der Waals surface area contributed by atoms with Crippen molar-refractivity contribution >= 4 is 17.7 Å². The smallest absolute Gasteiger partial charge is 0.323 e. The molecule has 0 heterocycles. The van der Waals surface area contributed by atoms with E-state index in [9.17, 15) is 13.0 Å². The van der Waals surface area contributed by atoms with E-state index < -0.39 is 22.7 Å². The van der Waals surface area contributed by atoms with E-state index in [2.05, 4.69) is 0 Å². The van der Waals surface area contributed by atoms with E-state index in [4.69, 9.17) is 14.3 Å². The molecule has 0 spiro atoms. The maximum atomic E-state index is 10.9. The second-order valence-electron chi connectivity index (χ2n) is 2.87. The maximum absolute atomic E-state index is 10.9. The first-order valence-electron chi connectivity index (χ1n) is 3.79. The molecule has 84 valence electrons. The minimum atomic E-state index is -4.96. The van der Waals surface area contributed by atoms with Crippen LogP contribution in [0.25, 0.3) is 0 Å². The van der Waals surface area contributed by atoms with Gasteiger partial charge in [-0.3, -0.25) is 9.12 Å². The first kappa shape index (κ1) is 12.4. The van der Waals surface area contributed by atoms with Crippen molar-refractivity contribution in [1.82, 2.24) is 0 Å². The molecule has 3 N–H and O–H groups in total. The molecule has 1 aromatic rings. The Kier molecular flexibility index (Phi) is 3.32. The molecule has 15 heavy (non-hydrogen) atoms. The Bertz CT molecular complexity index is 475. The minimum absolute atomic E-state index is 0.145. The molecule has 0 saturated heterocycles. The number of benzene rings is 1. The first-order chi connectivity index (χ1) is 6.73. The van der Waals surface area contributed by atoms with Crippen LogP contribution in [0.4, 0.5) is 0 Å². The first-order valence-corrected chi connectivity index (χ1v) is 6.98. The maximum Gasteiger partial charge on any atom is 0.350 e. The third kappa shape index (κ3) is 3.12. The molecule has 0 aliphatic heterocycles. The van der Waals surface area contributed by atoms with Gasteiger partial charge in [0.1, 0.15) is 0 Å². The second-order valence-corrected chi connectivity index (χ2v) is 6.41. The molecule has 0 fully saturated rings.